The van der Waals surface area contributed by atoms with E-state index in [-0.39, 0.29) is 0 Å². The summed E-state index contributed by atoms with van der Waals surface area (Å²) in [5.41, 5.74) is 10.8. The average Bonchev–Trinajstić information content (AvgIpc) is 3.13. The van der Waals surface area contributed by atoms with E-state index in [1.807, 2.05) is 6.20 Å². The number of unbranched alkanes of at least 4 members (excludes halogenated alkanes) is 1. The number of fused-ring (bicyclic) bond motifs is 2. The zero-order valence-corrected chi connectivity index (χ0v) is 19.1. The van der Waals surface area contributed by atoms with Gasteiger partial charge in [-0.25, -0.2) is 4.98 Å². The lowest BCUT2D eigenvalue weighted by atomic mass is 9.90. The minimum atomic E-state index is 0.376. The van der Waals surface area contributed by atoms with Gasteiger partial charge in [0, 0.05) is 12.7 Å². The highest BCUT2D eigenvalue weighted by atomic mass is 15.2. The van der Waals surface area contributed by atoms with Crippen molar-refractivity contribution in [1.29, 1.82) is 0 Å². The fourth-order valence-corrected chi connectivity index (χ4v) is 4.80. The summed E-state index contributed by atoms with van der Waals surface area (Å²) < 4.78 is 2.43. The van der Waals surface area contributed by atoms with Gasteiger partial charge in [0.05, 0.1) is 29.3 Å². The van der Waals surface area contributed by atoms with Crippen molar-refractivity contribution in [1.82, 2.24) is 19.4 Å². The van der Waals surface area contributed by atoms with Crippen LogP contribution in [0.25, 0.3) is 11.0 Å². The molecule has 5 heteroatoms. The lowest BCUT2D eigenvalue weighted by Crippen LogP contribution is -2.34. The maximum absolute atomic E-state index is 5.77. The average molecular weight is 420 g/mol. The van der Waals surface area contributed by atoms with Crippen molar-refractivity contribution in [3.63, 3.8) is 0 Å². The number of nitrogens with two attached hydrogens (primary N) is 1. The third-order valence-electron chi connectivity index (χ3n) is 6.51. The molecular formula is C26H37N5. The molecule has 1 aliphatic rings. The second-order valence-corrected chi connectivity index (χ2v) is 9.27. The Labute approximate surface area is 186 Å². The summed E-state index contributed by atoms with van der Waals surface area (Å²) in [6.45, 7) is 8.28. The number of hydrogen-bond donors (Lipinski definition) is 1. The van der Waals surface area contributed by atoms with Gasteiger partial charge in [-0.15, -0.1) is 0 Å². The molecule has 0 spiro atoms. The molecule has 1 aliphatic carbocycles. The largest absolute Gasteiger partial charge is 0.330 e. The van der Waals surface area contributed by atoms with Crippen molar-refractivity contribution in [2.75, 3.05) is 13.1 Å². The summed E-state index contributed by atoms with van der Waals surface area (Å²) in [5.74, 6) is 1.85. The first-order valence-corrected chi connectivity index (χ1v) is 12.0. The number of para-hydroxylation sites is 2. The minimum absolute atomic E-state index is 0.376. The second kappa shape index (κ2) is 10.4. The summed E-state index contributed by atoms with van der Waals surface area (Å²) in [5, 5.41) is 0. The lowest BCUT2D eigenvalue weighted by molar-refractivity contribution is 0.151. The molecular weight excluding hydrogens is 382 g/mol. The van der Waals surface area contributed by atoms with Crippen molar-refractivity contribution in [3.8, 4) is 0 Å². The predicted molar refractivity (Wildman–Crippen MR) is 128 cm³/mol. The Kier molecular flexibility index (Phi) is 7.36. The van der Waals surface area contributed by atoms with Crippen molar-refractivity contribution in [3.05, 3.63) is 59.7 Å². The molecule has 0 saturated carbocycles. The Balaban J connectivity index is 1.66. The van der Waals surface area contributed by atoms with Crippen molar-refractivity contribution >= 4 is 11.0 Å². The number of nitrogens with zero attached hydrogens (tertiary/aromatic N) is 4. The van der Waals surface area contributed by atoms with Crippen LogP contribution in [0.3, 0.4) is 0 Å². The van der Waals surface area contributed by atoms with E-state index in [1.54, 1.807) is 0 Å². The molecule has 31 heavy (non-hydrogen) atoms. The van der Waals surface area contributed by atoms with Crippen LogP contribution in [0.5, 0.6) is 0 Å². The Morgan fingerprint density at radius 1 is 1.16 bits per heavy atom. The fraction of sp³-hybridized carbons (Fsp3) is 0.538. The van der Waals surface area contributed by atoms with Gasteiger partial charge in [0.25, 0.3) is 0 Å². The van der Waals surface area contributed by atoms with Gasteiger partial charge in [0.15, 0.2) is 0 Å². The fourth-order valence-electron chi connectivity index (χ4n) is 4.80. The van der Waals surface area contributed by atoms with Gasteiger partial charge in [-0.2, -0.15) is 0 Å². The highest BCUT2D eigenvalue weighted by Gasteiger charge is 2.28. The van der Waals surface area contributed by atoms with Crippen LogP contribution in [0, 0.1) is 5.92 Å². The SMILES string of the molecule is CC(C)CCN(Cc1nc2ccccc2n1CCCCN)[C@H]1CCCc2cccnc21. The topological polar surface area (TPSA) is 60.0 Å². The van der Waals surface area contributed by atoms with Crippen LogP contribution in [0.15, 0.2) is 42.6 Å². The first-order chi connectivity index (χ1) is 15.2. The van der Waals surface area contributed by atoms with E-state index in [4.69, 9.17) is 15.7 Å². The van der Waals surface area contributed by atoms with Gasteiger partial charge >= 0.3 is 0 Å². The molecule has 2 N–H and O–H groups in total. The van der Waals surface area contributed by atoms with Crippen LogP contribution < -0.4 is 5.73 Å². The summed E-state index contributed by atoms with van der Waals surface area (Å²) in [7, 11) is 0. The van der Waals surface area contributed by atoms with Crippen LogP contribution in [0.1, 0.15) is 69.1 Å². The Hall–Kier alpha value is -2.24. The van der Waals surface area contributed by atoms with E-state index in [0.29, 0.717) is 12.0 Å². The van der Waals surface area contributed by atoms with Gasteiger partial charge in [-0.1, -0.05) is 32.0 Å². The first kappa shape index (κ1) is 22.0. The maximum Gasteiger partial charge on any atom is 0.124 e. The molecule has 2 heterocycles. The molecule has 5 nitrogen and oxygen atoms in total. The summed E-state index contributed by atoms with van der Waals surface area (Å²) >= 11 is 0. The van der Waals surface area contributed by atoms with Crippen LogP contribution in [-0.2, 0) is 19.5 Å². The zero-order valence-electron chi connectivity index (χ0n) is 19.1. The van der Waals surface area contributed by atoms with E-state index < -0.39 is 0 Å². The highest BCUT2D eigenvalue weighted by molar-refractivity contribution is 5.75. The van der Waals surface area contributed by atoms with E-state index in [1.165, 1.54) is 41.9 Å². The van der Waals surface area contributed by atoms with Gasteiger partial charge < -0.3 is 10.3 Å². The highest BCUT2D eigenvalue weighted by Crippen LogP contribution is 2.34. The van der Waals surface area contributed by atoms with Crippen LogP contribution in [0.2, 0.25) is 0 Å². The van der Waals surface area contributed by atoms with Crippen LogP contribution in [-0.4, -0.2) is 32.5 Å². The van der Waals surface area contributed by atoms with Gasteiger partial charge in [0.1, 0.15) is 5.82 Å². The monoisotopic (exact) mass is 419 g/mol. The quantitative estimate of drug-likeness (QED) is 0.465. The van der Waals surface area contributed by atoms with E-state index in [2.05, 4.69) is 59.7 Å². The standard InChI is InChI=1S/C26H37N5/c1-20(2)14-18-30(24-13-7-9-21-10-8-16-28-26(21)24)19-25-29-22-11-3-4-12-23(22)31(25)17-6-5-15-27/h3-4,8,10-12,16,20,24H,5-7,9,13-15,17-19,27H2,1-2H3/t24-/m0/s1. The molecule has 1 aromatic carbocycles. The summed E-state index contributed by atoms with van der Waals surface area (Å²) in [6.07, 6.45) is 8.83. The van der Waals surface area contributed by atoms with E-state index in [9.17, 15) is 0 Å². The number of rotatable bonds is 10. The molecule has 0 bridgehead atoms. The molecule has 3 aromatic rings. The number of pyridine rings is 1. The normalized spacial score (nSPS) is 16.4. The number of imidazole rings is 1. The number of aryl methyl sites for hydroxylation is 2. The van der Waals surface area contributed by atoms with Crippen molar-refractivity contribution in [2.45, 2.75) is 71.5 Å². The number of aromatic nitrogens is 3. The van der Waals surface area contributed by atoms with Crippen LogP contribution >= 0.6 is 0 Å². The molecule has 0 aliphatic heterocycles. The zero-order chi connectivity index (χ0) is 21.6. The maximum atomic E-state index is 5.77. The molecule has 2 aromatic heterocycles. The van der Waals surface area contributed by atoms with Gasteiger partial charge in [0.2, 0.25) is 0 Å². The molecule has 0 amide bonds. The molecule has 166 valence electrons. The van der Waals surface area contributed by atoms with Crippen LogP contribution in [0.4, 0.5) is 0 Å². The number of benzene rings is 1. The molecule has 0 radical (unpaired) electrons. The van der Waals surface area contributed by atoms with Gasteiger partial charge in [-0.3, -0.25) is 9.88 Å². The Bertz CT molecular complexity index is 977. The Morgan fingerprint density at radius 2 is 2.03 bits per heavy atom. The third-order valence-corrected chi connectivity index (χ3v) is 6.51. The second-order valence-electron chi connectivity index (χ2n) is 9.27. The van der Waals surface area contributed by atoms with Gasteiger partial charge in [-0.05, 0) is 81.3 Å². The third kappa shape index (κ3) is 5.16. The minimum Gasteiger partial charge on any atom is -0.330 e. The van der Waals surface area contributed by atoms with Crippen molar-refractivity contribution in [2.24, 2.45) is 11.7 Å². The van der Waals surface area contributed by atoms with Crippen molar-refractivity contribution < 1.29 is 0 Å². The molecule has 0 saturated heterocycles. The first-order valence-electron chi connectivity index (χ1n) is 12.0. The smallest absolute Gasteiger partial charge is 0.124 e. The number of hydrogen-bond acceptors (Lipinski definition) is 4. The molecule has 4 rings (SSSR count). The van der Waals surface area contributed by atoms with E-state index in [0.717, 1.165) is 51.0 Å². The Morgan fingerprint density at radius 3 is 2.87 bits per heavy atom. The summed E-state index contributed by atoms with van der Waals surface area (Å²) in [4.78, 5) is 12.6. The molecule has 0 unspecified atom stereocenters. The lowest BCUT2D eigenvalue weighted by Gasteiger charge is -2.35. The summed E-state index contributed by atoms with van der Waals surface area (Å²) in [6, 6.07) is 13.2. The predicted octanol–water partition coefficient (Wildman–Crippen LogP) is 5.10. The molecule has 1 atom stereocenters. The van der Waals surface area contributed by atoms with E-state index >= 15 is 0 Å². The molecule has 0 fully saturated rings.